The van der Waals surface area contributed by atoms with Gasteiger partial charge >= 0.3 is 5.97 Å². The Morgan fingerprint density at radius 1 is 1.08 bits per heavy atom. The maximum absolute atomic E-state index is 13.2. The molecule has 2 rings (SSSR count). The van der Waals surface area contributed by atoms with Crippen molar-refractivity contribution in [3.8, 4) is 0 Å². The Kier molecular flexibility index (Phi) is 6.62. The number of ether oxygens (including phenoxy) is 1. The van der Waals surface area contributed by atoms with Crippen LogP contribution >= 0.6 is 0 Å². The summed E-state index contributed by atoms with van der Waals surface area (Å²) in [5.41, 5.74) is 0.930. The predicted molar refractivity (Wildman–Crippen MR) is 89.0 cm³/mol. The third kappa shape index (κ3) is 5.67. The Balaban J connectivity index is 1.99. The van der Waals surface area contributed by atoms with E-state index in [1.54, 1.807) is 0 Å². The molecule has 0 aliphatic heterocycles. The normalized spacial score (nSPS) is 11.6. The molecule has 0 heterocycles. The highest BCUT2D eigenvalue weighted by molar-refractivity contribution is 5.96. The molecule has 0 bridgehead atoms. The molecular formula is C19H19F2NO3. The monoisotopic (exact) mass is 347 g/mol. The minimum absolute atomic E-state index is 0.186. The van der Waals surface area contributed by atoms with Gasteiger partial charge in [-0.2, -0.15) is 0 Å². The number of methoxy groups -OCH3 is 1. The standard InChI is InChI=1S/C19H19F2NO3/c1-25-19(24)17(9-5-8-13-6-3-2-4-7-13)22-18(23)14-10-15(20)12-16(21)11-14/h2-4,6-7,10-12,17H,5,8-9H2,1H3,(H,22,23)/t17-/m0/s1. The van der Waals surface area contributed by atoms with E-state index in [1.165, 1.54) is 7.11 Å². The molecule has 0 spiro atoms. The Bertz CT molecular complexity index is 714. The van der Waals surface area contributed by atoms with Crippen LogP contribution < -0.4 is 5.32 Å². The quantitative estimate of drug-likeness (QED) is 0.782. The second-order valence-electron chi connectivity index (χ2n) is 5.59. The van der Waals surface area contributed by atoms with Crippen molar-refractivity contribution in [2.45, 2.75) is 25.3 Å². The van der Waals surface area contributed by atoms with Crippen molar-refractivity contribution >= 4 is 11.9 Å². The van der Waals surface area contributed by atoms with Gasteiger partial charge in [0.25, 0.3) is 5.91 Å². The van der Waals surface area contributed by atoms with E-state index in [9.17, 15) is 18.4 Å². The van der Waals surface area contributed by atoms with Crippen LogP contribution in [0.15, 0.2) is 48.5 Å². The van der Waals surface area contributed by atoms with E-state index >= 15 is 0 Å². The number of hydrogen-bond donors (Lipinski definition) is 1. The van der Waals surface area contributed by atoms with Gasteiger partial charge in [-0.05, 0) is 37.0 Å². The van der Waals surface area contributed by atoms with E-state index in [-0.39, 0.29) is 5.56 Å². The maximum atomic E-state index is 13.2. The summed E-state index contributed by atoms with van der Waals surface area (Å²) in [6.45, 7) is 0. The van der Waals surface area contributed by atoms with Gasteiger partial charge in [-0.25, -0.2) is 13.6 Å². The Morgan fingerprint density at radius 2 is 1.72 bits per heavy atom. The van der Waals surface area contributed by atoms with Crippen molar-refractivity contribution in [1.82, 2.24) is 5.32 Å². The molecule has 132 valence electrons. The number of aryl methyl sites for hydroxylation is 1. The van der Waals surface area contributed by atoms with Crippen LogP contribution in [0, 0.1) is 11.6 Å². The second kappa shape index (κ2) is 8.92. The first-order valence-electron chi connectivity index (χ1n) is 7.88. The molecule has 1 N–H and O–H groups in total. The number of rotatable bonds is 7. The molecule has 0 aliphatic carbocycles. The summed E-state index contributed by atoms with van der Waals surface area (Å²) in [7, 11) is 1.22. The third-order valence-electron chi connectivity index (χ3n) is 3.72. The molecule has 6 heteroatoms. The molecule has 25 heavy (non-hydrogen) atoms. The lowest BCUT2D eigenvalue weighted by Crippen LogP contribution is -2.41. The molecule has 4 nitrogen and oxygen atoms in total. The number of amides is 1. The molecule has 0 fully saturated rings. The lowest BCUT2D eigenvalue weighted by atomic mass is 10.0. The van der Waals surface area contributed by atoms with E-state index in [0.717, 1.165) is 24.1 Å². The molecule has 0 aromatic heterocycles. The molecule has 2 aromatic rings. The predicted octanol–water partition coefficient (Wildman–Crippen LogP) is 3.26. The number of benzene rings is 2. The van der Waals surface area contributed by atoms with Crippen LogP contribution in [0.4, 0.5) is 8.78 Å². The first-order valence-corrected chi connectivity index (χ1v) is 7.88. The highest BCUT2D eigenvalue weighted by atomic mass is 19.1. The fraction of sp³-hybridized carbons (Fsp3) is 0.263. The largest absolute Gasteiger partial charge is 0.467 e. The number of carbonyl (C=O) groups is 2. The molecule has 1 atom stereocenters. The third-order valence-corrected chi connectivity index (χ3v) is 3.72. The van der Waals surface area contributed by atoms with Crippen LogP contribution in [0.2, 0.25) is 0 Å². The zero-order chi connectivity index (χ0) is 18.2. The van der Waals surface area contributed by atoms with Gasteiger partial charge < -0.3 is 10.1 Å². The van der Waals surface area contributed by atoms with E-state index in [0.29, 0.717) is 18.9 Å². The first kappa shape index (κ1) is 18.6. The van der Waals surface area contributed by atoms with E-state index < -0.39 is 29.6 Å². The number of halogens is 2. The molecule has 0 saturated carbocycles. The van der Waals surface area contributed by atoms with Gasteiger partial charge in [0.1, 0.15) is 17.7 Å². The zero-order valence-electron chi connectivity index (χ0n) is 13.8. The van der Waals surface area contributed by atoms with Crippen molar-refractivity contribution in [1.29, 1.82) is 0 Å². The first-order chi connectivity index (χ1) is 12.0. The summed E-state index contributed by atoms with van der Waals surface area (Å²) < 4.78 is 31.2. The van der Waals surface area contributed by atoms with Gasteiger partial charge in [0.15, 0.2) is 0 Å². The minimum Gasteiger partial charge on any atom is -0.467 e. The topological polar surface area (TPSA) is 55.4 Å². The number of hydrogen-bond acceptors (Lipinski definition) is 3. The summed E-state index contributed by atoms with van der Waals surface area (Å²) in [6, 6.07) is 11.3. The highest BCUT2D eigenvalue weighted by Crippen LogP contribution is 2.11. The zero-order valence-corrected chi connectivity index (χ0v) is 13.8. The van der Waals surface area contributed by atoms with E-state index in [4.69, 9.17) is 4.74 Å². The molecule has 0 saturated heterocycles. The average molecular weight is 347 g/mol. The van der Waals surface area contributed by atoms with Gasteiger partial charge in [-0.1, -0.05) is 30.3 Å². The van der Waals surface area contributed by atoms with Crippen molar-refractivity contribution in [2.24, 2.45) is 0 Å². The van der Waals surface area contributed by atoms with Crippen molar-refractivity contribution in [3.05, 3.63) is 71.3 Å². The van der Waals surface area contributed by atoms with Gasteiger partial charge in [0, 0.05) is 11.6 Å². The van der Waals surface area contributed by atoms with Crippen molar-refractivity contribution < 1.29 is 23.1 Å². The molecule has 1 amide bonds. The fourth-order valence-electron chi connectivity index (χ4n) is 2.47. The summed E-state index contributed by atoms with van der Waals surface area (Å²) in [4.78, 5) is 24.0. The Labute approximate surface area is 144 Å². The summed E-state index contributed by atoms with van der Waals surface area (Å²) in [6.07, 6.45) is 1.73. The van der Waals surface area contributed by atoms with Crippen molar-refractivity contribution in [2.75, 3.05) is 7.11 Å². The van der Waals surface area contributed by atoms with Crippen LogP contribution in [0.25, 0.3) is 0 Å². The van der Waals surface area contributed by atoms with Crippen LogP contribution in [0.5, 0.6) is 0 Å². The summed E-state index contributed by atoms with van der Waals surface area (Å²) in [5.74, 6) is -3.04. The summed E-state index contributed by atoms with van der Waals surface area (Å²) in [5, 5.41) is 2.48. The lowest BCUT2D eigenvalue weighted by molar-refractivity contribution is -0.143. The lowest BCUT2D eigenvalue weighted by Gasteiger charge is -2.16. The molecule has 2 aromatic carbocycles. The fourth-order valence-corrected chi connectivity index (χ4v) is 2.47. The van der Waals surface area contributed by atoms with Gasteiger partial charge in [0.2, 0.25) is 0 Å². The summed E-state index contributed by atoms with van der Waals surface area (Å²) >= 11 is 0. The number of carbonyl (C=O) groups excluding carboxylic acids is 2. The Morgan fingerprint density at radius 3 is 2.32 bits per heavy atom. The molecule has 0 radical (unpaired) electrons. The van der Waals surface area contributed by atoms with Gasteiger partial charge in [-0.3, -0.25) is 4.79 Å². The second-order valence-corrected chi connectivity index (χ2v) is 5.59. The Hall–Kier alpha value is -2.76. The SMILES string of the molecule is COC(=O)[C@H](CCCc1ccccc1)NC(=O)c1cc(F)cc(F)c1. The molecular weight excluding hydrogens is 328 g/mol. The van der Waals surface area contributed by atoms with Gasteiger partial charge in [-0.15, -0.1) is 0 Å². The maximum Gasteiger partial charge on any atom is 0.328 e. The van der Waals surface area contributed by atoms with E-state index in [1.807, 2.05) is 30.3 Å². The highest BCUT2D eigenvalue weighted by Gasteiger charge is 2.22. The van der Waals surface area contributed by atoms with Crippen LogP contribution in [-0.4, -0.2) is 25.0 Å². The van der Waals surface area contributed by atoms with Crippen LogP contribution in [0.1, 0.15) is 28.8 Å². The smallest absolute Gasteiger partial charge is 0.328 e. The number of esters is 1. The van der Waals surface area contributed by atoms with Crippen LogP contribution in [0.3, 0.4) is 0 Å². The van der Waals surface area contributed by atoms with Gasteiger partial charge in [0.05, 0.1) is 7.11 Å². The minimum atomic E-state index is -0.882. The molecule has 0 aliphatic rings. The number of nitrogens with one attached hydrogen (secondary N) is 1. The average Bonchev–Trinajstić information content (AvgIpc) is 2.60. The van der Waals surface area contributed by atoms with Crippen LogP contribution in [-0.2, 0) is 16.0 Å². The van der Waals surface area contributed by atoms with E-state index in [2.05, 4.69) is 5.32 Å². The van der Waals surface area contributed by atoms with Crippen molar-refractivity contribution in [3.63, 3.8) is 0 Å². The molecule has 0 unspecified atom stereocenters.